The predicted molar refractivity (Wildman–Crippen MR) is 128 cm³/mol. The molecule has 3 aromatic carbocycles. The molecule has 7 heteroatoms. The number of carbonyl (C=O) groups excluding carboxylic acids is 1. The molecule has 0 radical (unpaired) electrons. The number of nitrogens with zero attached hydrogens (tertiary/aromatic N) is 1. The maximum Gasteiger partial charge on any atom is 0.264 e. The van der Waals surface area contributed by atoms with Gasteiger partial charge in [0.1, 0.15) is 5.75 Å². The van der Waals surface area contributed by atoms with Crippen LogP contribution in [0.25, 0.3) is 0 Å². The number of ether oxygens (including phenoxy) is 1. The molecule has 3 aromatic rings. The first kappa shape index (κ1) is 23.3. The molecule has 0 aliphatic carbocycles. The zero-order valence-corrected chi connectivity index (χ0v) is 19.5. The zero-order chi connectivity index (χ0) is 23.4. The van der Waals surface area contributed by atoms with Gasteiger partial charge >= 0.3 is 0 Å². The minimum absolute atomic E-state index is 0.104. The van der Waals surface area contributed by atoms with Crippen LogP contribution in [0, 0.1) is 0 Å². The number of anilines is 2. The summed E-state index contributed by atoms with van der Waals surface area (Å²) in [5, 5.41) is 2.90. The van der Waals surface area contributed by atoms with E-state index in [4.69, 9.17) is 4.74 Å². The zero-order valence-electron chi connectivity index (χ0n) is 18.7. The van der Waals surface area contributed by atoms with Gasteiger partial charge in [-0.3, -0.25) is 9.10 Å². The second kappa shape index (κ2) is 9.44. The van der Waals surface area contributed by atoms with Gasteiger partial charge in [0.25, 0.3) is 15.9 Å². The van der Waals surface area contributed by atoms with E-state index in [1.807, 2.05) is 24.3 Å². The van der Waals surface area contributed by atoms with E-state index in [9.17, 15) is 13.2 Å². The van der Waals surface area contributed by atoms with Crippen molar-refractivity contribution in [3.8, 4) is 5.75 Å². The second-order valence-corrected chi connectivity index (χ2v) is 10.4. The Balaban J connectivity index is 1.63. The lowest BCUT2D eigenvalue weighted by Crippen LogP contribution is -2.26. The van der Waals surface area contributed by atoms with Gasteiger partial charge in [-0.1, -0.05) is 57.2 Å². The van der Waals surface area contributed by atoms with E-state index in [2.05, 4.69) is 26.1 Å². The van der Waals surface area contributed by atoms with Crippen molar-refractivity contribution in [2.45, 2.75) is 31.1 Å². The third-order valence-corrected chi connectivity index (χ3v) is 6.78. The summed E-state index contributed by atoms with van der Waals surface area (Å²) in [6.07, 6.45) is 0. The number of rotatable bonds is 7. The van der Waals surface area contributed by atoms with E-state index >= 15 is 0 Å². The fourth-order valence-corrected chi connectivity index (χ4v) is 4.44. The number of nitrogens with one attached hydrogen (secondary N) is 1. The lowest BCUT2D eigenvalue weighted by Gasteiger charge is -2.23. The highest BCUT2D eigenvalue weighted by Gasteiger charge is 2.21. The van der Waals surface area contributed by atoms with Gasteiger partial charge in [-0.05, 0) is 53.4 Å². The Morgan fingerprint density at radius 3 is 2.12 bits per heavy atom. The molecule has 0 aliphatic rings. The molecule has 0 bridgehead atoms. The monoisotopic (exact) mass is 452 g/mol. The third kappa shape index (κ3) is 5.48. The molecule has 0 aromatic heterocycles. The van der Waals surface area contributed by atoms with Crippen LogP contribution in [-0.2, 0) is 20.2 Å². The number of carbonyl (C=O) groups is 1. The number of benzene rings is 3. The molecule has 0 heterocycles. The van der Waals surface area contributed by atoms with Gasteiger partial charge in [0.2, 0.25) is 0 Å². The van der Waals surface area contributed by atoms with E-state index in [-0.39, 0.29) is 22.8 Å². The van der Waals surface area contributed by atoms with Gasteiger partial charge in [0.15, 0.2) is 6.61 Å². The number of sulfonamides is 1. The third-order valence-electron chi connectivity index (χ3n) is 4.98. The molecule has 0 unspecified atom stereocenters. The van der Waals surface area contributed by atoms with Crippen LogP contribution in [0.1, 0.15) is 26.3 Å². The molecule has 168 valence electrons. The Morgan fingerprint density at radius 2 is 1.50 bits per heavy atom. The molecule has 0 fully saturated rings. The van der Waals surface area contributed by atoms with E-state index in [0.29, 0.717) is 11.4 Å². The van der Waals surface area contributed by atoms with E-state index < -0.39 is 10.0 Å². The SMILES string of the molecule is CN(c1ccc(OCC(=O)Nc2ccccc2C(C)(C)C)cc1)S(=O)(=O)c1ccccc1. The maximum atomic E-state index is 12.7. The van der Waals surface area contributed by atoms with Gasteiger partial charge in [-0.25, -0.2) is 8.42 Å². The van der Waals surface area contributed by atoms with E-state index in [1.165, 1.54) is 11.4 Å². The molecule has 1 N–H and O–H groups in total. The highest BCUT2D eigenvalue weighted by atomic mass is 32.2. The second-order valence-electron chi connectivity index (χ2n) is 8.41. The van der Waals surface area contributed by atoms with Gasteiger partial charge in [-0.2, -0.15) is 0 Å². The van der Waals surface area contributed by atoms with Crippen LogP contribution < -0.4 is 14.4 Å². The summed E-state index contributed by atoms with van der Waals surface area (Å²) in [6.45, 7) is 6.11. The Morgan fingerprint density at radius 1 is 0.906 bits per heavy atom. The summed E-state index contributed by atoms with van der Waals surface area (Å²) in [5.41, 5.74) is 2.19. The average molecular weight is 453 g/mol. The first-order chi connectivity index (χ1) is 15.1. The summed E-state index contributed by atoms with van der Waals surface area (Å²) < 4.78 is 32.3. The van der Waals surface area contributed by atoms with Crippen LogP contribution in [0.2, 0.25) is 0 Å². The lowest BCUT2D eigenvalue weighted by atomic mass is 9.86. The van der Waals surface area contributed by atoms with Crippen molar-refractivity contribution < 1.29 is 17.9 Å². The highest BCUT2D eigenvalue weighted by Crippen LogP contribution is 2.29. The Labute approximate surface area is 189 Å². The summed E-state index contributed by atoms with van der Waals surface area (Å²) >= 11 is 0. The standard InChI is InChI=1S/C25H28N2O4S/c1-25(2,3)22-12-8-9-13-23(22)26-24(28)18-31-20-16-14-19(15-17-20)27(4)32(29,30)21-10-6-5-7-11-21/h5-17H,18H2,1-4H3,(H,26,28). The minimum Gasteiger partial charge on any atom is -0.484 e. The molecule has 3 rings (SSSR count). The quantitative estimate of drug-likeness (QED) is 0.557. The fourth-order valence-electron chi connectivity index (χ4n) is 3.22. The van der Waals surface area contributed by atoms with Crippen molar-refractivity contribution in [1.82, 2.24) is 0 Å². The number of hydrogen-bond donors (Lipinski definition) is 1. The normalized spacial score (nSPS) is 11.6. The molecule has 0 saturated carbocycles. The van der Waals surface area contributed by atoms with Gasteiger partial charge in [0.05, 0.1) is 10.6 Å². The van der Waals surface area contributed by atoms with Crippen LogP contribution in [0.3, 0.4) is 0 Å². The topological polar surface area (TPSA) is 75.7 Å². The molecule has 0 spiro atoms. The van der Waals surface area contributed by atoms with Crippen LogP contribution in [0.4, 0.5) is 11.4 Å². The van der Waals surface area contributed by atoms with Crippen LogP contribution >= 0.6 is 0 Å². The Hall–Kier alpha value is -3.32. The molecule has 6 nitrogen and oxygen atoms in total. The molecule has 0 saturated heterocycles. The smallest absolute Gasteiger partial charge is 0.264 e. The van der Waals surface area contributed by atoms with Gasteiger partial charge < -0.3 is 10.1 Å². The molecular weight excluding hydrogens is 424 g/mol. The van der Waals surface area contributed by atoms with Crippen molar-refractivity contribution in [1.29, 1.82) is 0 Å². The minimum atomic E-state index is -3.65. The lowest BCUT2D eigenvalue weighted by molar-refractivity contribution is -0.118. The summed E-state index contributed by atoms with van der Waals surface area (Å²) in [4.78, 5) is 12.6. The molecule has 0 atom stereocenters. The van der Waals surface area contributed by atoms with Gasteiger partial charge in [-0.15, -0.1) is 0 Å². The van der Waals surface area contributed by atoms with Crippen molar-refractivity contribution in [2.24, 2.45) is 0 Å². The number of para-hydroxylation sites is 1. The molecule has 32 heavy (non-hydrogen) atoms. The van der Waals surface area contributed by atoms with Gasteiger partial charge in [0, 0.05) is 12.7 Å². The fraction of sp³-hybridized carbons (Fsp3) is 0.240. The molecule has 0 aliphatic heterocycles. The number of hydrogen-bond acceptors (Lipinski definition) is 4. The van der Waals surface area contributed by atoms with Crippen molar-refractivity contribution in [3.63, 3.8) is 0 Å². The average Bonchev–Trinajstić information content (AvgIpc) is 2.78. The largest absolute Gasteiger partial charge is 0.484 e. The number of amides is 1. The van der Waals surface area contributed by atoms with Crippen LogP contribution in [0.5, 0.6) is 5.75 Å². The predicted octanol–water partition coefficient (Wildman–Crippen LogP) is 4.83. The van der Waals surface area contributed by atoms with Crippen LogP contribution in [0.15, 0.2) is 83.8 Å². The summed E-state index contributed by atoms with van der Waals surface area (Å²) in [5.74, 6) is 0.202. The first-order valence-corrected chi connectivity index (χ1v) is 11.7. The highest BCUT2D eigenvalue weighted by molar-refractivity contribution is 7.92. The van der Waals surface area contributed by atoms with Crippen molar-refractivity contribution in [2.75, 3.05) is 23.3 Å². The maximum absolute atomic E-state index is 12.7. The van der Waals surface area contributed by atoms with E-state index in [1.54, 1.807) is 54.6 Å². The molecule has 1 amide bonds. The molecular formula is C25H28N2O4S. The summed E-state index contributed by atoms with van der Waals surface area (Å²) in [6, 6.07) is 22.5. The van der Waals surface area contributed by atoms with Crippen LogP contribution in [-0.4, -0.2) is 28.0 Å². The van der Waals surface area contributed by atoms with E-state index in [0.717, 1.165) is 11.3 Å². The van der Waals surface area contributed by atoms with Crippen molar-refractivity contribution >= 4 is 27.3 Å². The first-order valence-electron chi connectivity index (χ1n) is 10.3. The Kier molecular flexibility index (Phi) is 6.89. The Bertz CT molecular complexity index is 1170. The van der Waals surface area contributed by atoms with Crippen molar-refractivity contribution in [3.05, 3.63) is 84.4 Å². The summed E-state index contributed by atoms with van der Waals surface area (Å²) in [7, 11) is -2.15.